The molecule has 1 unspecified atom stereocenters. The van der Waals surface area contributed by atoms with E-state index in [-0.39, 0.29) is 18.3 Å². The summed E-state index contributed by atoms with van der Waals surface area (Å²) >= 11 is 17.7. The fraction of sp³-hybridized carbons (Fsp3) is 0.536. The van der Waals surface area contributed by atoms with Crippen LogP contribution in [-0.2, 0) is 36.6 Å². The van der Waals surface area contributed by atoms with Crippen molar-refractivity contribution in [1.29, 1.82) is 5.41 Å². The first kappa shape index (κ1) is 33.6. The Morgan fingerprint density at radius 3 is 2.05 bits per heavy atom. The summed E-state index contributed by atoms with van der Waals surface area (Å²) in [7, 11) is -2.42. The molecule has 2 aromatic carbocycles. The van der Waals surface area contributed by atoms with Gasteiger partial charge in [0.05, 0.1) is 19.8 Å². The highest BCUT2D eigenvalue weighted by Crippen LogP contribution is 2.41. The van der Waals surface area contributed by atoms with E-state index in [2.05, 4.69) is 43.9 Å². The first-order chi connectivity index (χ1) is 19.2. The molecule has 1 fully saturated rings. The van der Waals surface area contributed by atoms with E-state index in [9.17, 15) is 5.53 Å². The van der Waals surface area contributed by atoms with Gasteiger partial charge in [0.15, 0.2) is 8.32 Å². The van der Waals surface area contributed by atoms with Gasteiger partial charge in [-0.25, -0.2) is 0 Å². The van der Waals surface area contributed by atoms with E-state index in [0.29, 0.717) is 6.61 Å². The lowest BCUT2D eigenvalue weighted by Crippen LogP contribution is -2.63. The Bertz CT molecular complexity index is 1170. The van der Waals surface area contributed by atoms with Crippen molar-refractivity contribution in [3.63, 3.8) is 0 Å². The Labute approximate surface area is 257 Å². The summed E-state index contributed by atoms with van der Waals surface area (Å²) in [5.41, 5.74) is 11.4. The van der Waals surface area contributed by atoms with Crippen LogP contribution in [0.1, 0.15) is 31.9 Å². The van der Waals surface area contributed by atoms with E-state index < -0.39 is 48.7 Å². The van der Waals surface area contributed by atoms with Gasteiger partial charge in [0, 0.05) is 4.91 Å². The van der Waals surface area contributed by atoms with E-state index in [0.717, 1.165) is 11.1 Å². The third kappa shape index (κ3) is 9.58. The van der Waals surface area contributed by atoms with Crippen molar-refractivity contribution in [2.75, 3.05) is 6.61 Å². The van der Waals surface area contributed by atoms with Crippen LogP contribution >= 0.6 is 34.8 Å². The monoisotopic (exact) mass is 642 g/mol. The van der Waals surface area contributed by atoms with Crippen molar-refractivity contribution >= 4 is 49.0 Å². The molecule has 1 saturated heterocycles. The zero-order valence-electron chi connectivity index (χ0n) is 23.8. The molecule has 0 radical (unpaired) electrons. The maximum atomic E-state index is 9.52. The summed E-state index contributed by atoms with van der Waals surface area (Å²) in [6.07, 6.45) is -3.58. The number of alkyl halides is 3. The van der Waals surface area contributed by atoms with E-state index in [1.807, 2.05) is 60.7 Å². The zero-order chi connectivity index (χ0) is 30.3. The van der Waals surface area contributed by atoms with Crippen LogP contribution in [0.25, 0.3) is 10.4 Å². The highest BCUT2D eigenvalue weighted by atomic mass is 35.6. The van der Waals surface area contributed by atoms with E-state index in [1.54, 1.807) is 0 Å². The van der Waals surface area contributed by atoms with Crippen LogP contribution < -0.4 is 0 Å². The fourth-order valence-electron chi connectivity index (χ4n) is 3.97. The first-order valence-electron chi connectivity index (χ1n) is 13.2. The van der Waals surface area contributed by atoms with Crippen LogP contribution in [0.3, 0.4) is 0 Å². The number of halogens is 3. The van der Waals surface area contributed by atoms with Crippen molar-refractivity contribution in [2.45, 2.75) is 86.6 Å². The van der Waals surface area contributed by atoms with Crippen molar-refractivity contribution < 1.29 is 23.4 Å². The van der Waals surface area contributed by atoms with Gasteiger partial charge in [-0.3, -0.25) is 5.41 Å². The van der Waals surface area contributed by atoms with Gasteiger partial charge in [0.2, 0.25) is 12.2 Å². The van der Waals surface area contributed by atoms with Gasteiger partial charge in [-0.05, 0) is 34.8 Å². The molecular formula is C28H37Cl3N4O5Si. The van der Waals surface area contributed by atoms with Crippen molar-refractivity contribution in [3.8, 4) is 0 Å². The minimum atomic E-state index is -2.42. The number of azide groups is 1. The summed E-state index contributed by atoms with van der Waals surface area (Å²) in [4.78, 5) is 3.03. The largest absolute Gasteiger partial charge is 0.448 e. The average Bonchev–Trinajstić information content (AvgIpc) is 2.90. The Morgan fingerprint density at radius 2 is 1.54 bits per heavy atom. The maximum absolute atomic E-state index is 9.52. The summed E-state index contributed by atoms with van der Waals surface area (Å²) in [6, 6.07) is 18.2. The third-order valence-electron chi connectivity index (χ3n) is 7.21. The number of nitrogens with one attached hydrogen (secondary N) is 1. The molecule has 9 nitrogen and oxygen atoms in total. The lowest BCUT2D eigenvalue weighted by atomic mass is 9.97. The molecule has 0 aromatic heterocycles. The van der Waals surface area contributed by atoms with Crippen molar-refractivity contribution in [1.82, 2.24) is 0 Å². The highest BCUT2D eigenvalue weighted by Gasteiger charge is 2.52. The van der Waals surface area contributed by atoms with Crippen LogP contribution in [0.2, 0.25) is 18.1 Å². The molecule has 0 amide bonds. The minimum absolute atomic E-state index is 0.101. The standard InChI is InChI=1S/C28H37Cl3N4O5Si/c1-27(2,3)41(4,5)40-23-21(18-36-16-19-12-8-6-9-13-19)38-25(39-26(32)28(29,30)31)22(34-35-33)24(23)37-17-20-14-10-7-11-15-20/h6-15,21-25,32H,16-18H2,1-5H3/t21-,22-,23-,24-,25?/m1/s1. The van der Waals surface area contributed by atoms with Gasteiger partial charge in [-0.15, -0.1) is 0 Å². The number of ether oxygens (including phenoxy) is 4. The van der Waals surface area contributed by atoms with Crippen LogP contribution in [0.4, 0.5) is 0 Å². The second-order valence-electron chi connectivity index (χ2n) is 11.3. The predicted molar refractivity (Wildman–Crippen MR) is 164 cm³/mol. The second kappa shape index (κ2) is 14.6. The van der Waals surface area contributed by atoms with Crippen LogP contribution in [0.15, 0.2) is 65.8 Å². The molecule has 5 atom stereocenters. The number of hydrogen-bond acceptors (Lipinski definition) is 7. The van der Waals surface area contributed by atoms with Gasteiger partial charge in [-0.1, -0.05) is 121 Å². The SMILES string of the molecule is CC(C)(C)[Si](C)(C)O[C@H]1[C@H](OCc2ccccc2)[C@@H](N=[N+]=[N-])C(OC(=N)C(Cl)(Cl)Cl)O[C@@H]1COCc1ccccc1. The number of benzene rings is 2. The molecule has 1 aliphatic rings. The molecule has 0 bridgehead atoms. The molecule has 0 spiro atoms. The molecule has 1 heterocycles. The molecule has 0 aliphatic carbocycles. The van der Waals surface area contributed by atoms with Crippen molar-refractivity contribution in [3.05, 3.63) is 82.2 Å². The molecule has 3 rings (SSSR count). The van der Waals surface area contributed by atoms with Gasteiger partial charge >= 0.3 is 0 Å². The van der Waals surface area contributed by atoms with E-state index in [1.165, 1.54) is 0 Å². The van der Waals surface area contributed by atoms with Crippen LogP contribution in [-0.4, -0.2) is 55.3 Å². The summed E-state index contributed by atoms with van der Waals surface area (Å²) in [6.45, 7) is 11.3. The normalized spacial score (nSPS) is 23.5. The number of rotatable bonds is 11. The van der Waals surface area contributed by atoms with Gasteiger partial charge < -0.3 is 23.4 Å². The number of nitrogens with zero attached hydrogens (tertiary/aromatic N) is 3. The Balaban J connectivity index is 2.00. The average molecular weight is 644 g/mol. The van der Waals surface area contributed by atoms with Gasteiger partial charge in [0.25, 0.3) is 3.79 Å². The Kier molecular flexibility index (Phi) is 11.9. The number of hydrogen-bond donors (Lipinski definition) is 1. The quantitative estimate of drug-likeness (QED) is 0.0507. The molecule has 1 N–H and O–H groups in total. The van der Waals surface area contributed by atoms with E-state index >= 15 is 0 Å². The fourth-order valence-corrected chi connectivity index (χ4v) is 5.43. The Hall–Kier alpha value is -1.85. The smallest absolute Gasteiger partial charge is 0.265 e. The van der Waals surface area contributed by atoms with E-state index in [4.69, 9.17) is 63.6 Å². The Morgan fingerprint density at radius 1 is 0.976 bits per heavy atom. The summed E-state index contributed by atoms with van der Waals surface area (Å²) in [5.74, 6) is -0.680. The molecule has 2 aromatic rings. The first-order valence-corrected chi connectivity index (χ1v) is 17.2. The van der Waals surface area contributed by atoms with Crippen molar-refractivity contribution in [2.24, 2.45) is 5.11 Å². The lowest BCUT2D eigenvalue weighted by Gasteiger charge is -2.49. The lowest BCUT2D eigenvalue weighted by molar-refractivity contribution is -0.254. The summed E-state index contributed by atoms with van der Waals surface area (Å²) in [5, 5.41) is 12.0. The molecule has 13 heteroatoms. The second-order valence-corrected chi connectivity index (χ2v) is 18.3. The highest BCUT2D eigenvalue weighted by molar-refractivity contribution is 6.76. The van der Waals surface area contributed by atoms with Crippen LogP contribution in [0, 0.1) is 5.41 Å². The molecular weight excluding hydrogens is 607 g/mol. The molecule has 0 saturated carbocycles. The zero-order valence-corrected chi connectivity index (χ0v) is 27.1. The minimum Gasteiger partial charge on any atom is -0.448 e. The molecule has 41 heavy (non-hydrogen) atoms. The predicted octanol–water partition coefficient (Wildman–Crippen LogP) is 7.95. The third-order valence-corrected chi connectivity index (χ3v) is 12.2. The van der Waals surface area contributed by atoms with Gasteiger partial charge in [0.1, 0.15) is 24.4 Å². The molecule has 224 valence electrons. The summed E-state index contributed by atoms with van der Waals surface area (Å²) < 4.78 is 29.2. The van der Waals surface area contributed by atoms with Gasteiger partial charge in [-0.2, -0.15) is 0 Å². The topological polar surface area (TPSA) is 119 Å². The maximum Gasteiger partial charge on any atom is 0.265 e. The van der Waals surface area contributed by atoms with Crippen LogP contribution in [0.5, 0.6) is 0 Å². The molecule has 1 aliphatic heterocycles.